The highest BCUT2D eigenvalue weighted by Crippen LogP contribution is 2.33. The van der Waals surface area contributed by atoms with Gasteiger partial charge in [-0.15, -0.1) is 11.3 Å². The monoisotopic (exact) mass is 354 g/mol. The Labute approximate surface area is 139 Å². The van der Waals surface area contributed by atoms with Gasteiger partial charge in [0.2, 0.25) is 0 Å². The molecule has 3 aromatic heterocycles. The van der Waals surface area contributed by atoms with Crippen molar-refractivity contribution in [2.45, 2.75) is 26.1 Å². The van der Waals surface area contributed by atoms with E-state index >= 15 is 0 Å². The van der Waals surface area contributed by atoms with Crippen LogP contribution in [-0.2, 0) is 6.18 Å². The summed E-state index contributed by atoms with van der Waals surface area (Å²) >= 11 is 1.29. The smallest absolute Gasteiger partial charge is 0.348 e. The molecule has 0 saturated heterocycles. The van der Waals surface area contributed by atoms with Crippen LogP contribution in [0.4, 0.5) is 13.2 Å². The van der Waals surface area contributed by atoms with E-state index in [1.165, 1.54) is 17.4 Å². The zero-order valence-corrected chi connectivity index (χ0v) is 13.6. The molecule has 24 heavy (non-hydrogen) atoms. The van der Waals surface area contributed by atoms with E-state index in [4.69, 9.17) is 0 Å². The Morgan fingerprint density at radius 1 is 1.33 bits per heavy atom. The highest BCUT2D eigenvalue weighted by atomic mass is 32.1. The second kappa shape index (κ2) is 5.90. The SMILES string of the molecule is CC(C)NC(=O)c1cc2nc(-c3cccs3)cc(C(F)(F)F)n2n1. The molecule has 0 aliphatic carbocycles. The molecule has 1 amide bonds. The normalized spacial score (nSPS) is 12.1. The van der Waals surface area contributed by atoms with Gasteiger partial charge in [-0.25, -0.2) is 9.50 Å². The van der Waals surface area contributed by atoms with Gasteiger partial charge in [0, 0.05) is 12.1 Å². The molecular weight excluding hydrogens is 341 g/mol. The number of hydrogen-bond donors (Lipinski definition) is 1. The number of hydrogen-bond acceptors (Lipinski definition) is 4. The third-order valence-corrected chi connectivity index (χ3v) is 4.04. The van der Waals surface area contributed by atoms with E-state index in [0.717, 1.165) is 6.07 Å². The Bertz CT molecular complexity index is 884. The summed E-state index contributed by atoms with van der Waals surface area (Å²) < 4.78 is 40.8. The molecule has 0 aliphatic rings. The van der Waals surface area contributed by atoms with Gasteiger partial charge >= 0.3 is 6.18 Å². The van der Waals surface area contributed by atoms with Crippen LogP contribution >= 0.6 is 11.3 Å². The third kappa shape index (κ3) is 3.12. The number of nitrogens with one attached hydrogen (secondary N) is 1. The molecule has 0 bridgehead atoms. The van der Waals surface area contributed by atoms with Gasteiger partial charge < -0.3 is 5.32 Å². The average molecular weight is 354 g/mol. The van der Waals surface area contributed by atoms with Gasteiger partial charge in [0.15, 0.2) is 17.0 Å². The lowest BCUT2D eigenvalue weighted by atomic mass is 10.2. The number of amides is 1. The van der Waals surface area contributed by atoms with Crippen LogP contribution in [-0.4, -0.2) is 26.5 Å². The number of carbonyl (C=O) groups is 1. The molecule has 0 saturated carbocycles. The van der Waals surface area contributed by atoms with Crippen LogP contribution in [0.2, 0.25) is 0 Å². The lowest BCUT2D eigenvalue weighted by Crippen LogP contribution is -2.30. The molecular formula is C15H13F3N4OS. The Morgan fingerprint density at radius 3 is 2.67 bits per heavy atom. The van der Waals surface area contributed by atoms with Crippen molar-refractivity contribution in [3.8, 4) is 10.6 Å². The van der Waals surface area contributed by atoms with E-state index in [2.05, 4.69) is 15.4 Å². The van der Waals surface area contributed by atoms with Crippen LogP contribution in [0.25, 0.3) is 16.2 Å². The van der Waals surface area contributed by atoms with Gasteiger partial charge in [0.25, 0.3) is 5.91 Å². The molecule has 126 valence electrons. The van der Waals surface area contributed by atoms with Crippen molar-refractivity contribution in [3.05, 3.63) is 41.0 Å². The van der Waals surface area contributed by atoms with Crippen molar-refractivity contribution >= 4 is 22.9 Å². The van der Waals surface area contributed by atoms with Crippen molar-refractivity contribution in [2.24, 2.45) is 0 Å². The Morgan fingerprint density at radius 2 is 2.08 bits per heavy atom. The summed E-state index contributed by atoms with van der Waals surface area (Å²) in [6, 6.07) is 5.46. The van der Waals surface area contributed by atoms with Gasteiger partial charge in [-0.1, -0.05) is 6.07 Å². The molecule has 0 radical (unpaired) electrons. The van der Waals surface area contributed by atoms with E-state index in [9.17, 15) is 18.0 Å². The fourth-order valence-corrected chi connectivity index (χ4v) is 2.86. The van der Waals surface area contributed by atoms with E-state index < -0.39 is 17.8 Å². The number of thiophene rings is 1. The minimum atomic E-state index is -4.62. The second-order valence-electron chi connectivity index (χ2n) is 5.43. The lowest BCUT2D eigenvalue weighted by molar-refractivity contribution is -0.142. The van der Waals surface area contributed by atoms with Gasteiger partial charge in [-0.05, 0) is 31.4 Å². The molecule has 1 N–H and O–H groups in total. The molecule has 0 unspecified atom stereocenters. The summed E-state index contributed by atoms with van der Waals surface area (Å²) in [7, 11) is 0. The van der Waals surface area contributed by atoms with Gasteiger partial charge in [-0.2, -0.15) is 18.3 Å². The number of aromatic nitrogens is 3. The topological polar surface area (TPSA) is 59.3 Å². The average Bonchev–Trinajstić information content (AvgIpc) is 3.13. The summed E-state index contributed by atoms with van der Waals surface area (Å²) in [5.41, 5.74) is -0.910. The number of fused-ring (bicyclic) bond motifs is 1. The Kier molecular flexibility index (Phi) is 4.04. The molecule has 0 aliphatic heterocycles. The fourth-order valence-electron chi connectivity index (χ4n) is 2.17. The maximum absolute atomic E-state index is 13.4. The van der Waals surface area contributed by atoms with Crippen LogP contribution in [0.5, 0.6) is 0 Å². The molecule has 0 fully saturated rings. The highest BCUT2D eigenvalue weighted by molar-refractivity contribution is 7.13. The minimum Gasteiger partial charge on any atom is -0.348 e. The molecule has 3 aromatic rings. The number of carbonyl (C=O) groups excluding carboxylic acids is 1. The summed E-state index contributed by atoms with van der Waals surface area (Å²) in [6.07, 6.45) is -4.62. The van der Waals surface area contributed by atoms with Gasteiger partial charge in [0.1, 0.15) is 0 Å². The lowest BCUT2D eigenvalue weighted by Gasteiger charge is -2.10. The zero-order chi connectivity index (χ0) is 17.5. The number of halogens is 3. The molecule has 3 rings (SSSR count). The summed E-state index contributed by atoms with van der Waals surface area (Å²) in [6.45, 7) is 3.50. The van der Waals surface area contributed by atoms with Crippen molar-refractivity contribution in [3.63, 3.8) is 0 Å². The van der Waals surface area contributed by atoms with Crippen LogP contribution in [0.3, 0.4) is 0 Å². The first kappa shape index (κ1) is 16.4. The first-order valence-corrected chi connectivity index (χ1v) is 7.96. The van der Waals surface area contributed by atoms with Crippen LogP contribution in [0.1, 0.15) is 30.0 Å². The van der Waals surface area contributed by atoms with Crippen LogP contribution in [0, 0.1) is 0 Å². The number of alkyl halides is 3. The third-order valence-electron chi connectivity index (χ3n) is 3.14. The molecule has 5 nitrogen and oxygen atoms in total. The Balaban J connectivity index is 2.18. The molecule has 3 heterocycles. The first-order valence-electron chi connectivity index (χ1n) is 7.08. The van der Waals surface area contributed by atoms with Crippen LogP contribution < -0.4 is 5.32 Å². The second-order valence-corrected chi connectivity index (χ2v) is 6.38. The van der Waals surface area contributed by atoms with Gasteiger partial charge in [-0.3, -0.25) is 4.79 Å². The molecule has 0 aromatic carbocycles. The van der Waals surface area contributed by atoms with Crippen LogP contribution in [0.15, 0.2) is 29.6 Å². The maximum atomic E-state index is 13.4. The summed E-state index contributed by atoms with van der Waals surface area (Å²) in [5, 5.41) is 8.14. The number of nitrogens with zero attached hydrogens (tertiary/aromatic N) is 3. The maximum Gasteiger partial charge on any atom is 0.433 e. The van der Waals surface area contributed by atoms with Crippen molar-refractivity contribution < 1.29 is 18.0 Å². The first-order chi connectivity index (χ1) is 11.3. The largest absolute Gasteiger partial charge is 0.433 e. The molecule has 0 atom stereocenters. The quantitative estimate of drug-likeness (QED) is 0.782. The molecule has 0 spiro atoms. The fraction of sp³-hybridized carbons (Fsp3) is 0.267. The van der Waals surface area contributed by atoms with E-state index in [1.807, 2.05) is 0 Å². The minimum absolute atomic E-state index is 0.0258. The van der Waals surface area contributed by atoms with Crippen molar-refractivity contribution in [2.75, 3.05) is 0 Å². The predicted octanol–water partition coefficient (Wildman–Crippen LogP) is 3.61. The standard InChI is InChI=1S/C15H13F3N4OS/c1-8(2)19-14(23)10-7-13-20-9(11-4-3-5-24-11)6-12(15(16,17)18)22(13)21-10/h3-8H,1-2H3,(H,19,23). The Hall–Kier alpha value is -2.42. The number of rotatable bonds is 3. The van der Waals surface area contributed by atoms with Crippen molar-refractivity contribution in [1.29, 1.82) is 0 Å². The zero-order valence-electron chi connectivity index (χ0n) is 12.8. The molecule has 9 heteroatoms. The highest BCUT2D eigenvalue weighted by Gasteiger charge is 2.35. The predicted molar refractivity (Wildman–Crippen MR) is 83.9 cm³/mol. The van der Waals surface area contributed by atoms with E-state index in [0.29, 0.717) is 9.39 Å². The summed E-state index contributed by atoms with van der Waals surface area (Å²) in [4.78, 5) is 16.8. The summed E-state index contributed by atoms with van der Waals surface area (Å²) in [5.74, 6) is -0.540. The van der Waals surface area contributed by atoms with E-state index in [1.54, 1.807) is 31.4 Å². The van der Waals surface area contributed by atoms with Gasteiger partial charge in [0.05, 0.1) is 10.6 Å². The van der Waals surface area contributed by atoms with Crippen molar-refractivity contribution in [1.82, 2.24) is 19.9 Å². The van der Waals surface area contributed by atoms with E-state index in [-0.39, 0.29) is 23.1 Å².